The topological polar surface area (TPSA) is 45.2 Å². The molecule has 4 heteroatoms. The van der Waals surface area contributed by atoms with Crippen LogP contribution in [0.3, 0.4) is 0 Å². The number of hydrogen-bond donors (Lipinski definition) is 1. The molecule has 1 saturated heterocycles. The lowest BCUT2D eigenvalue weighted by Gasteiger charge is -2.30. The first kappa shape index (κ1) is 12.5. The highest BCUT2D eigenvalue weighted by Gasteiger charge is 2.24. The fourth-order valence-corrected chi connectivity index (χ4v) is 2.64. The summed E-state index contributed by atoms with van der Waals surface area (Å²) >= 11 is 0. The molecule has 19 heavy (non-hydrogen) atoms. The molecule has 2 heterocycles. The molecule has 3 rings (SSSR count). The van der Waals surface area contributed by atoms with Crippen molar-refractivity contribution in [1.82, 2.24) is 9.88 Å². The molecule has 1 aliphatic carbocycles. The minimum absolute atomic E-state index is 0.0750. The number of nitrogens with one attached hydrogen (secondary N) is 1. The number of anilines is 1. The lowest BCUT2D eigenvalue weighted by Crippen LogP contribution is -2.39. The number of hydrogen-bond acceptors (Lipinski definition) is 3. The summed E-state index contributed by atoms with van der Waals surface area (Å²) in [6, 6.07) is 4.42. The summed E-state index contributed by atoms with van der Waals surface area (Å²) in [5, 5.41) is 3.41. The third-order valence-corrected chi connectivity index (χ3v) is 3.87. The number of rotatable bonds is 3. The second-order valence-electron chi connectivity index (χ2n) is 5.85. The van der Waals surface area contributed by atoms with Gasteiger partial charge in [0.05, 0.1) is 0 Å². The Hall–Kier alpha value is -1.58. The molecule has 1 aliphatic heterocycles. The highest BCUT2D eigenvalue weighted by atomic mass is 16.2. The summed E-state index contributed by atoms with van der Waals surface area (Å²) in [5.74, 6) is 0.677. The van der Waals surface area contributed by atoms with Gasteiger partial charge in [0.2, 0.25) is 0 Å². The first-order chi connectivity index (χ1) is 9.22. The van der Waals surface area contributed by atoms with Crippen LogP contribution in [0.25, 0.3) is 0 Å². The molecule has 2 fully saturated rings. The number of carbonyl (C=O) groups excluding carboxylic acids is 1. The zero-order valence-corrected chi connectivity index (χ0v) is 11.4. The van der Waals surface area contributed by atoms with Gasteiger partial charge in [-0.15, -0.1) is 0 Å². The van der Waals surface area contributed by atoms with Crippen molar-refractivity contribution in [2.75, 3.05) is 18.4 Å². The molecular formula is C15H21N3O. The molecule has 1 atom stereocenters. The van der Waals surface area contributed by atoms with Gasteiger partial charge in [0.1, 0.15) is 5.69 Å². The van der Waals surface area contributed by atoms with Gasteiger partial charge >= 0.3 is 0 Å². The number of amides is 1. The van der Waals surface area contributed by atoms with Crippen molar-refractivity contribution >= 4 is 11.6 Å². The van der Waals surface area contributed by atoms with Gasteiger partial charge < -0.3 is 10.2 Å². The van der Waals surface area contributed by atoms with Crippen LogP contribution in [0.2, 0.25) is 0 Å². The van der Waals surface area contributed by atoms with Crippen molar-refractivity contribution in [3.63, 3.8) is 0 Å². The monoisotopic (exact) mass is 259 g/mol. The van der Waals surface area contributed by atoms with Gasteiger partial charge in [0.25, 0.3) is 5.91 Å². The molecule has 2 aliphatic rings. The van der Waals surface area contributed by atoms with E-state index in [1.54, 1.807) is 6.20 Å². The van der Waals surface area contributed by atoms with Gasteiger partial charge in [-0.2, -0.15) is 0 Å². The van der Waals surface area contributed by atoms with Crippen LogP contribution in [-0.4, -0.2) is 34.9 Å². The van der Waals surface area contributed by atoms with E-state index in [0.717, 1.165) is 25.2 Å². The molecule has 1 aromatic heterocycles. The molecule has 1 N–H and O–H groups in total. The van der Waals surface area contributed by atoms with E-state index < -0.39 is 0 Å². The predicted molar refractivity (Wildman–Crippen MR) is 75.2 cm³/mol. The summed E-state index contributed by atoms with van der Waals surface area (Å²) in [5.41, 5.74) is 1.59. The van der Waals surface area contributed by atoms with Crippen LogP contribution in [0, 0.1) is 5.92 Å². The van der Waals surface area contributed by atoms with Gasteiger partial charge in [-0.1, -0.05) is 6.92 Å². The SMILES string of the molecule is CC1CCCN(C(=O)c2cc(NC3CC3)ccn2)C1. The molecule has 0 aromatic carbocycles. The number of carbonyl (C=O) groups is 1. The van der Waals surface area contributed by atoms with Gasteiger partial charge in [-0.3, -0.25) is 9.78 Å². The predicted octanol–water partition coefficient (Wildman–Crippen LogP) is 2.53. The van der Waals surface area contributed by atoms with Crippen LogP contribution in [0.15, 0.2) is 18.3 Å². The molecule has 1 amide bonds. The maximum Gasteiger partial charge on any atom is 0.272 e. The van der Waals surface area contributed by atoms with Gasteiger partial charge in [-0.25, -0.2) is 0 Å². The molecule has 1 aromatic rings. The molecule has 0 bridgehead atoms. The van der Waals surface area contributed by atoms with Crippen molar-refractivity contribution in [3.8, 4) is 0 Å². The molecule has 0 spiro atoms. The second kappa shape index (κ2) is 5.19. The van der Waals surface area contributed by atoms with Crippen LogP contribution in [0.1, 0.15) is 43.1 Å². The van der Waals surface area contributed by atoms with Crippen molar-refractivity contribution in [1.29, 1.82) is 0 Å². The summed E-state index contributed by atoms with van der Waals surface area (Å²) < 4.78 is 0. The van der Waals surface area contributed by atoms with Crippen LogP contribution >= 0.6 is 0 Å². The minimum atomic E-state index is 0.0750. The summed E-state index contributed by atoms with van der Waals surface area (Å²) in [4.78, 5) is 18.6. The summed E-state index contributed by atoms with van der Waals surface area (Å²) in [7, 11) is 0. The Balaban J connectivity index is 1.71. The minimum Gasteiger partial charge on any atom is -0.382 e. The van der Waals surface area contributed by atoms with Crippen molar-refractivity contribution < 1.29 is 4.79 Å². The van der Waals surface area contributed by atoms with E-state index in [9.17, 15) is 4.79 Å². The Morgan fingerprint density at radius 3 is 3.00 bits per heavy atom. The molecule has 4 nitrogen and oxygen atoms in total. The smallest absolute Gasteiger partial charge is 0.272 e. The van der Waals surface area contributed by atoms with E-state index in [0.29, 0.717) is 17.7 Å². The average Bonchev–Trinajstić information content (AvgIpc) is 3.22. The average molecular weight is 259 g/mol. The number of nitrogens with zero attached hydrogens (tertiary/aromatic N) is 2. The number of piperidine rings is 1. The van der Waals surface area contributed by atoms with E-state index in [-0.39, 0.29) is 5.91 Å². The summed E-state index contributed by atoms with van der Waals surface area (Å²) in [6.45, 7) is 3.93. The number of likely N-dealkylation sites (tertiary alicyclic amines) is 1. The summed E-state index contributed by atoms with van der Waals surface area (Å²) in [6.07, 6.45) is 6.52. The van der Waals surface area contributed by atoms with Gasteiger partial charge in [-0.05, 0) is 43.7 Å². The van der Waals surface area contributed by atoms with E-state index in [1.165, 1.54) is 19.3 Å². The lowest BCUT2D eigenvalue weighted by atomic mass is 10.00. The fourth-order valence-electron chi connectivity index (χ4n) is 2.64. The first-order valence-electron chi connectivity index (χ1n) is 7.24. The number of aromatic nitrogens is 1. The lowest BCUT2D eigenvalue weighted by molar-refractivity contribution is 0.0677. The van der Waals surface area contributed by atoms with E-state index >= 15 is 0 Å². The highest BCUT2D eigenvalue weighted by molar-refractivity contribution is 5.93. The van der Waals surface area contributed by atoms with Crippen LogP contribution < -0.4 is 5.32 Å². The quantitative estimate of drug-likeness (QED) is 0.907. The largest absolute Gasteiger partial charge is 0.382 e. The molecule has 0 radical (unpaired) electrons. The normalized spacial score (nSPS) is 23.2. The molecule has 1 unspecified atom stereocenters. The molecule has 102 valence electrons. The Kier molecular flexibility index (Phi) is 3.40. The standard InChI is InChI=1S/C15H21N3O/c1-11-3-2-8-18(10-11)15(19)14-9-13(6-7-16-14)17-12-4-5-12/h6-7,9,11-12H,2-5,8,10H2,1H3,(H,16,17). The van der Waals surface area contributed by atoms with Crippen molar-refractivity contribution in [2.45, 2.75) is 38.6 Å². The Morgan fingerprint density at radius 1 is 1.42 bits per heavy atom. The van der Waals surface area contributed by atoms with Crippen LogP contribution in [0.5, 0.6) is 0 Å². The highest BCUT2D eigenvalue weighted by Crippen LogP contribution is 2.25. The Labute approximate surface area is 114 Å². The van der Waals surface area contributed by atoms with Gasteiger partial charge in [0, 0.05) is 31.0 Å². The zero-order chi connectivity index (χ0) is 13.2. The first-order valence-corrected chi connectivity index (χ1v) is 7.24. The van der Waals surface area contributed by atoms with Gasteiger partial charge in [0.15, 0.2) is 0 Å². The Bertz CT molecular complexity index is 470. The third kappa shape index (κ3) is 3.06. The zero-order valence-electron chi connectivity index (χ0n) is 11.4. The van der Waals surface area contributed by atoms with Crippen molar-refractivity contribution in [2.24, 2.45) is 5.92 Å². The van der Waals surface area contributed by atoms with Crippen molar-refractivity contribution in [3.05, 3.63) is 24.0 Å². The maximum atomic E-state index is 12.4. The number of pyridine rings is 1. The van der Waals surface area contributed by atoms with Crippen LogP contribution in [-0.2, 0) is 0 Å². The second-order valence-corrected chi connectivity index (χ2v) is 5.85. The molecule has 1 saturated carbocycles. The van der Waals surface area contributed by atoms with Crippen LogP contribution in [0.4, 0.5) is 5.69 Å². The van der Waals surface area contributed by atoms with E-state index in [2.05, 4.69) is 17.2 Å². The third-order valence-electron chi connectivity index (χ3n) is 3.87. The van der Waals surface area contributed by atoms with E-state index in [1.807, 2.05) is 17.0 Å². The molecular weight excluding hydrogens is 238 g/mol. The fraction of sp³-hybridized carbons (Fsp3) is 0.600. The maximum absolute atomic E-state index is 12.4. The Morgan fingerprint density at radius 2 is 2.26 bits per heavy atom. The van der Waals surface area contributed by atoms with E-state index in [4.69, 9.17) is 0 Å².